The normalized spacial score (nSPS) is 17.8. The van der Waals surface area contributed by atoms with E-state index in [1.807, 2.05) is 18.2 Å². The van der Waals surface area contributed by atoms with Crippen LogP contribution in [-0.4, -0.2) is 0 Å². The van der Waals surface area contributed by atoms with Crippen LogP contribution in [0.2, 0.25) is 10.0 Å². The largest absolute Gasteiger partial charge is 0.321 e. The van der Waals surface area contributed by atoms with Crippen LogP contribution in [0.3, 0.4) is 0 Å². The molecule has 2 rings (SSSR count). The SMILES string of the molecule is Cl.NC1(c2c(Cl)cccc2Cl)CC1. The molecule has 0 aromatic heterocycles. The van der Waals surface area contributed by atoms with Crippen LogP contribution in [0.4, 0.5) is 0 Å². The molecule has 0 heterocycles. The molecule has 0 aliphatic heterocycles. The van der Waals surface area contributed by atoms with Gasteiger partial charge >= 0.3 is 0 Å². The van der Waals surface area contributed by atoms with Crippen LogP contribution in [0.15, 0.2) is 18.2 Å². The molecular weight excluding hydrogens is 228 g/mol. The predicted molar refractivity (Wildman–Crippen MR) is 58.8 cm³/mol. The molecule has 1 aliphatic rings. The molecule has 1 aromatic carbocycles. The third-order valence-electron chi connectivity index (χ3n) is 2.25. The molecular formula is C9H10Cl3N. The summed E-state index contributed by atoms with van der Waals surface area (Å²) in [6.07, 6.45) is 1.97. The predicted octanol–water partition coefficient (Wildman–Crippen LogP) is 3.36. The number of benzene rings is 1. The van der Waals surface area contributed by atoms with Gasteiger partial charge in [-0.15, -0.1) is 12.4 Å². The van der Waals surface area contributed by atoms with E-state index in [0.29, 0.717) is 10.0 Å². The highest BCUT2D eigenvalue weighted by molar-refractivity contribution is 6.36. The Bertz CT molecular complexity index is 300. The minimum atomic E-state index is -0.241. The van der Waals surface area contributed by atoms with Crippen LogP contribution in [0.5, 0.6) is 0 Å². The maximum absolute atomic E-state index is 6.00. The molecule has 0 atom stereocenters. The van der Waals surface area contributed by atoms with E-state index in [1.54, 1.807) is 0 Å². The van der Waals surface area contributed by atoms with Gasteiger partial charge in [-0.3, -0.25) is 0 Å². The van der Waals surface area contributed by atoms with Crippen molar-refractivity contribution in [1.82, 2.24) is 0 Å². The number of nitrogens with two attached hydrogens (primary N) is 1. The molecule has 1 nitrogen and oxygen atoms in total. The second-order valence-electron chi connectivity index (χ2n) is 3.25. The summed E-state index contributed by atoms with van der Waals surface area (Å²) in [5, 5.41) is 1.37. The Labute approximate surface area is 93.6 Å². The Morgan fingerprint density at radius 2 is 1.62 bits per heavy atom. The summed E-state index contributed by atoms with van der Waals surface area (Å²) in [5.74, 6) is 0. The first-order chi connectivity index (χ1) is 5.63. The van der Waals surface area contributed by atoms with E-state index in [4.69, 9.17) is 28.9 Å². The monoisotopic (exact) mass is 237 g/mol. The molecule has 2 N–H and O–H groups in total. The highest BCUT2D eigenvalue weighted by Gasteiger charge is 2.42. The van der Waals surface area contributed by atoms with Gasteiger partial charge in [0.2, 0.25) is 0 Å². The van der Waals surface area contributed by atoms with Crippen molar-refractivity contribution in [3.8, 4) is 0 Å². The van der Waals surface area contributed by atoms with Crippen LogP contribution in [-0.2, 0) is 5.54 Å². The van der Waals surface area contributed by atoms with Gasteiger partial charge in [0.1, 0.15) is 0 Å². The van der Waals surface area contributed by atoms with Gasteiger partial charge in [0, 0.05) is 21.1 Å². The van der Waals surface area contributed by atoms with Gasteiger partial charge in [-0.2, -0.15) is 0 Å². The van der Waals surface area contributed by atoms with Crippen LogP contribution >= 0.6 is 35.6 Å². The molecule has 0 radical (unpaired) electrons. The van der Waals surface area contributed by atoms with E-state index in [1.165, 1.54) is 0 Å². The van der Waals surface area contributed by atoms with E-state index in [-0.39, 0.29) is 17.9 Å². The summed E-state index contributed by atoms with van der Waals surface area (Å²) >= 11 is 12.0. The Morgan fingerprint density at radius 1 is 1.15 bits per heavy atom. The third kappa shape index (κ3) is 1.94. The van der Waals surface area contributed by atoms with Crippen LogP contribution in [0, 0.1) is 0 Å². The first-order valence-electron chi connectivity index (χ1n) is 3.87. The molecule has 13 heavy (non-hydrogen) atoms. The average molecular weight is 239 g/mol. The third-order valence-corrected chi connectivity index (χ3v) is 2.88. The number of halogens is 3. The highest BCUT2D eigenvalue weighted by atomic mass is 35.5. The lowest BCUT2D eigenvalue weighted by Crippen LogP contribution is -2.19. The first-order valence-corrected chi connectivity index (χ1v) is 4.62. The smallest absolute Gasteiger partial charge is 0.0471 e. The lowest BCUT2D eigenvalue weighted by Gasteiger charge is -2.12. The van der Waals surface area contributed by atoms with Crippen molar-refractivity contribution in [2.45, 2.75) is 18.4 Å². The molecule has 0 bridgehead atoms. The summed E-state index contributed by atoms with van der Waals surface area (Å²) in [4.78, 5) is 0. The van der Waals surface area contributed by atoms with Crippen molar-refractivity contribution < 1.29 is 0 Å². The van der Waals surface area contributed by atoms with E-state index in [9.17, 15) is 0 Å². The average Bonchev–Trinajstić information content (AvgIpc) is 2.68. The van der Waals surface area contributed by atoms with Gasteiger partial charge in [-0.05, 0) is 25.0 Å². The highest BCUT2D eigenvalue weighted by Crippen LogP contribution is 2.48. The van der Waals surface area contributed by atoms with Crippen molar-refractivity contribution in [2.24, 2.45) is 5.73 Å². The van der Waals surface area contributed by atoms with Crippen LogP contribution < -0.4 is 5.73 Å². The molecule has 1 fully saturated rings. The van der Waals surface area contributed by atoms with E-state index < -0.39 is 0 Å². The molecule has 1 saturated carbocycles. The molecule has 1 aromatic rings. The Morgan fingerprint density at radius 3 is 2.00 bits per heavy atom. The van der Waals surface area contributed by atoms with Gasteiger partial charge in [-0.1, -0.05) is 29.3 Å². The van der Waals surface area contributed by atoms with Crippen molar-refractivity contribution in [3.05, 3.63) is 33.8 Å². The molecule has 72 valence electrons. The number of rotatable bonds is 1. The van der Waals surface area contributed by atoms with Crippen molar-refractivity contribution >= 4 is 35.6 Å². The summed E-state index contributed by atoms with van der Waals surface area (Å²) in [7, 11) is 0. The lowest BCUT2D eigenvalue weighted by molar-refractivity contribution is 0.741. The molecule has 1 aliphatic carbocycles. The Kier molecular flexibility index (Phi) is 3.13. The first kappa shape index (κ1) is 11.1. The van der Waals surface area contributed by atoms with Gasteiger partial charge in [0.25, 0.3) is 0 Å². The Hall–Kier alpha value is 0.0500. The van der Waals surface area contributed by atoms with Crippen molar-refractivity contribution in [2.75, 3.05) is 0 Å². The zero-order valence-corrected chi connectivity index (χ0v) is 9.22. The van der Waals surface area contributed by atoms with E-state index in [0.717, 1.165) is 18.4 Å². The molecule has 4 heteroatoms. The fourth-order valence-electron chi connectivity index (χ4n) is 1.36. The molecule has 0 amide bonds. The van der Waals surface area contributed by atoms with Gasteiger partial charge in [0.05, 0.1) is 0 Å². The fraction of sp³-hybridized carbons (Fsp3) is 0.333. The number of hydrogen-bond donors (Lipinski definition) is 1. The molecule has 0 saturated heterocycles. The standard InChI is InChI=1S/C9H9Cl2N.ClH/c10-6-2-1-3-7(11)8(6)9(12)4-5-9;/h1-3H,4-5,12H2;1H. The second kappa shape index (κ2) is 3.66. The Balaban J connectivity index is 0.000000845. The summed E-state index contributed by atoms with van der Waals surface area (Å²) in [6, 6.07) is 5.49. The van der Waals surface area contributed by atoms with Crippen molar-refractivity contribution in [1.29, 1.82) is 0 Å². The van der Waals surface area contributed by atoms with Gasteiger partial charge < -0.3 is 5.73 Å². The summed E-state index contributed by atoms with van der Waals surface area (Å²) < 4.78 is 0. The van der Waals surface area contributed by atoms with Gasteiger partial charge in [-0.25, -0.2) is 0 Å². The van der Waals surface area contributed by atoms with E-state index in [2.05, 4.69) is 0 Å². The molecule has 0 spiro atoms. The molecule has 0 unspecified atom stereocenters. The summed E-state index contributed by atoms with van der Waals surface area (Å²) in [5.41, 5.74) is 6.67. The van der Waals surface area contributed by atoms with Gasteiger partial charge in [0.15, 0.2) is 0 Å². The zero-order valence-electron chi connectivity index (χ0n) is 6.89. The minimum Gasteiger partial charge on any atom is -0.321 e. The fourth-order valence-corrected chi connectivity index (χ4v) is 2.13. The summed E-state index contributed by atoms with van der Waals surface area (Å²) in [6.45, 7) is 0. The zero-order chi connectivity index (χ0) is 8.77. The minimum absolute atomic E-state index is 0. The lowest BCUT2D eigenvalue weighted by atomic mass is 10.1. The van der Waals surface area contributed by atoms with E-state index >= 15 is 0 Å². The number of hydrogen-bond acceptors (Lipinski definition) is 1. The van der Waals surface area contributed by atoms with Crippen LogP contribution in [0.25, 0.3) is 0 Å². The maximum atomic E-state index is 6.00. The second-order valence-corrected chi connectivity index (χ2v) is 4.07. The van der Waals surface area contributed by atoms with Crippen LogP contribution in [0.1, 0.15) is 18.4 Å². The quantitative estimate of drug-likeness (QED) is 0.798. The topological polar surface area (TPSA) is 26.0 Å². The van der Waals surface area contributed by atoms with Crippen molar-refractivity contribution in [3.63, 3.8) is 0 Å². The maximum Gasteiger partial charge on any atom is 0.0471 e.